The molecule has 1 aliphatic heterocycles. The van der Waals surface area contributed by atoms with Crippen LogP contribution in [0.5, 0.6) is 5.75 Å². The van der Waals surface area contributed by atoms with Crippen molar-refractivity contribution >= 4 is 39.0 Å². The van der Waals surface area contributed by atoms with E-state index in [1.54, 1.807) is 4.90 Å². The number of para-hydroxylation sites is 3. The van der Waals surface area contributed by atoms with Gasteiger partial charge in [-0.25, -0.2) is 4.79 Å². The van der Waals surface area contributed by atoms with Crippen LogP contribution in [0.4, 0.5) is 16.2 Å². The molecular formula is C25H25BrN4O2. The molecule has 0 N–H and O–H groups in total. The van der Waals surface area contributed by atoms with E-state index >= 15 is 0 Å². The van der Waals surface area contributed by atoms with Gasteiger partial charge in [0.2, 0.25) is 0 Å². The van der Waals surface area contributed by atoms with Crippen molar-refractivity contribution in [2.24, 2.45) is 5.10 Å². The van der Waals surface area contributed by atoms with E-state index in [4.69, 9.17) is 9.84 Å². The molecule has 0 spiro atoms. The Balaban J connectivity index is 1.76. The Morgan fingerprint density at radius 1 is 0.969 bits per heavy atom. The fourth-order valence-corrected chi connectivity index (χ4v) is 3.88. The van der Waals surface area contributed by atoms with Crippen LogP contribution in [0.1, 0.15) is 5.56 Å². The van der Waals surface area contributed by atoms with Crippen molar-refractivity contribution in [3.63, 3.8) is 0 Å². The lowest BCUT2D eigenvalue weighted by Gasteiger charge is -2.34. The molecule has 164 valence electrons. The molecule has 2 amide bonds. The van der Waals surface area contributed by atoms with Gasteiger partial charge in [-0.05, 0) is 66.4 Å². The number of likely N-dealkylation sites (N-methyl/N-ethyl adjacent to an activating group) is 1. The maximum Gasteiger partial charge on any atom is 0.350 e. The van der Waals surface area contributed by atoms with Gasteiger partial charge in [0.1, 0.15) is 12.4 Å². The first-order valence-electron chi connectivity index (χ1n) is 10.4. The molecule has 0 atom stereocenters. The molecule has 32 heavy (non-hydrogen) atoms. The molecule has 4 rings (SSSR count). The molecule has 0 aromatic heterocycles. The highest BCUT2D eigenvalue weighted by Crippen LogP contribution is 2.32. The second-order valence-corrected chi connectivity index (χ2v) is 8.52. The van der Waals surface area contributed by atoms with Crippen LogP contribution in [0.15, 0.2) is 88.4 Å². The van der Waals surface area contributed by atoms with Gasteiger partial charge in [-0.1, -0.05) is 42.5 Å². The third-order valence-corrected chi connectivity index (χ3v) is 5.75. The van der Waals surface area contributed by atoms with Crippen molar-refractivity contribution in [2.45, 2.75) is 0 Å². The van der Waals surface area contributed by atoms with E-state index in [1.165, 1.54) is 5.01 Å². The molecule has 0 bridgehead atoms. The van der Waals surface area contributed by atoms with Gasteiger partial charge in [-0.2, -0.15) is 10.1 Å². The van der Waals surface area contributed by atoms with Crippen LogP contribution in [-0.4, -0.2) is 50.4 Å². The minimum absolute atomic E-state index is 0.210. The normalized spacial score (nSPS) is 14.0. The molecule has 3 aromatic carbocycles. The summed E-state index contributed by atoms with van der Waals surface area (Å²) in [6, 6.07) is 24.9. The summed E-state index contributed by atoms with van der Waals surface area (Å²) in [6.07, 6.45) is 0. The lowest BCUT2D eigenvalue weighted by atomic mass is 10.1. The maximum absolute atomic E-state index is 13.5. The summed E-state index contributed by atoms with van der Waals surface area (Å²) in [5.74, 6) is 0.752. The summed E-state index contributed by atoms with van der Waals surface area (Å²) < 4.78 is 6.87. The number of hydrazone groups is 1. The number of amides is 2. The molecule has 7 heteroatoms. The van der Waals surface area contributed by atoms with E-state index < -0.39 is 0 Å². The van der Waals surface area contributed by atoms with Gasteiger partial charge in [-0.15, -0.1) is 0 Å². The number of hydrogen-bond acceptors (Lipinski definition) is 4. The number of hydrogen-bond donors (Lipinski definition) is 0. The number of carbonyl (C=O) groups excluding carboxylic acids is 1. The van der Waals surface area contributed by atoms with E-state index in [0.29, 0.717) is 18.8 Å². The number of nitrogens with zero attached hydrogens (tertiary/aromatic N) is 4. The SMILES string of the molecule is CN(C)CCOc1ccccc1C1=NN(c2ccccc2Br)C(=O)N(c2ccccc2)C1. The topological polar surface area (TPSA) is 48.4 Å². The summed E-state index contributed by atoms with van der Waals surface area (Å²) in [4.78, 5) is 17.3. The molecule has 0 aliphatic carbocycles. The van der Waals surface area contributed by atoms with E-state index in [2.05, 4.69) is 20.8 Å². The molecule has 0 unspecified atom stereocenters. The highest BCUT2D eigenvalue weighted by Gasteiger charge is 2.32. The summed E-state index contributed by atoms with van der Waals surface area (Å²) in [7, 11) is 4.03. The van der Waals surface area contributed by atoms with Gasteiger partial charge in [-0.3, -0.25) is 4.90 Å². The second-order valence-electron chi connectivity index (χ2n) is 7.66. The number of ether oxygens (including phenoxy) is 1. The Bertz CT molecular complexity index is 1120. The van der Waals surface area contributed by atoms with Crippen molar-refractivity contribution in [1.29, 1.82) is 0 Å². The lowest BCUT2D eigenvalue weighted by molar-refractivity contribution is 0.251. The summed E-state index contributed by atoms with van der Waals surface area (Å²) >= 11 is 3.56. The number of rotatable bonds is 7. The highest BCUT2D eigenvalue weighted by atomic mass is 79.9. The largest absolute Gasteiger partial charge is 0.492 e. The molecule has 1 aliphatic rings. The lowest BCUT2D eigenvalue weighted by Crippen LogP contribution is -2.49. The minimum Gasteiger partial charge on any atom is -0.492 e. The average molecular weight is 493 g/mol. The predicted octanol–water partition coefficient (Wildman–Crippen LogP) is 5.24. The van der Waals surface area contributed by atoms with Gasteiger partial charge >= 0.3 is 6.03 Å². The van der Waals surface area contributed by atoms with Crippen molar-refractivity contribution < 1.29 is 9.53 Å². The number of anilines is 2. The van der Waals surface area contributed by atoms with Gasteiger partial charge < -0.3 is 9.64 Å². The summed E-state index contributed by atoms with van der Waals surface area (Å²) in [5, 5.41) is 6.23. The molecule has 0 saturated carbocycles. The quantitative estimate of drug-likeness (QED) is 0.453. The van der Waals surface area contributed by atoms with Crippen LogP contribution in [0.25, 0.3) is 0 Å². The first-order valence-corrected chi connectivity index (χ1v) is 11.2. The van der Waals surface area contributed by atoms with E-state index in [0.717, 1.165) is 33.7 Å². The molecule has 1 heterocycles. The number of urea groups is 1. The zero-order valence-corrected chi connectivity index (χ0v) is 19.7. The third kappa shape index (κ3) is 4.84. The van der Waals surface area contributed by atoms with Crippen LogP contribution < -0.4 is 14.6 Å². The Labute approximate surface area is 196 Å². The van der Waals surface area contributed by atoms with Crippen molar-refractivity contribution in [3.05, 3.63) is 88.9 Å². The molecule has 0 radical (unpaired) electrons. The third-order valence-electron chi connectivity index (χ3n) is 5.08. The Kier molecular flexibility index (Phi) is 6.87. The number of benzene rings is 3. The summed E-state index contributed by atoms with van der Waals surface area (Å²) in [5.41, 5.74) is 3.12. The first kappa shape index (κ1) is 22.0. The van der Waals surface area contributed by atoms with Crippen LogP contribution >= 0.6 is 15.9 Å². The molecule has 0 fully saturated rings. The molecular weight excluding hydrogens is 468 g/mol. The number of halogens is 1. The zero-order valence-electron chi connectivity index (χ0n) is 18.1. The summed E-state index contributed by atoms with van der Waals surface area (Å²) in [6.45, 7) is 1.71. The average Bonchev–Trinajstić information content (AvgIpc) is 2.80. The van der Waals surface area contributed by atoms with Crippen LogP contribution in [0, 0.1) is 0 Å². The van der Waals surface area contributed by atoms with Crippen molar-refractivity contribution in [1.82, 2.24) is 4.90 Å². The highest BCUT2D eigenvalue weighted by molar-refractivity contribution is 9.10. The maximum atomic E-state index is 13.5. The van der Waals surface area contributed by atoms with Crippen molar-refractivity contribution in [3.8, 4) is 5.75 Å². The standard InChI is InChI=1S/C25H25BrN4O2/c1-28(2)16-17-32-24-15-9-6-12-20(24)22-18-29(19-10-4-3-5-11-19)25(31)30(27-22)23-14-8-7-13-21(23)26/h3-15H,16-18H2,1-2H3. The fraction of sp³-hybridized carbons (Fsp3) is 0.200. The van der Waals surface area contributed by atoms with Crippen molar-refractivity contribution in [2.75, 3.05) is 43.7 Å². The number of carbonyl (C=O) groups is 1. The van der Waals surface area contributed by atoms with Gasteiger partial charge in [0, 0.05) is 22.3 Å². The molecule has 0 saturated heterocycles. The van der Waals surface area contributed by atoms with E-state index in [9.17, 15) is 4.79 Å². The van der Waals surface area contributed by atoms with E-state index in [-0.39, 0.29) is 6.03 Å². The van der Waals surface area contributed by atoms with Gasteiger partial charge in [0.15, 0.2) is 0 Å². The van der Waals surface area contributed by atoms with Gasteiger partial charge in [0.25, 0.3) is 0 Å². The van der Waals surface area contributed by atoms with Crippen LogP contribution in [0.2, 0.25) is 0 Å². The Morgan fingerprint density at radius 2 is 1.66 bits per heavy atom. The van der Waals surface area contributed by atoms with Crippen LogP contribution in [0.3, 0.4) is 0 Å². The Hall–Kier alpha value is -3.16. The molecule has 3 aromatic rings. The second kappa shape index (κ2) is 9.97. The van der Waals surface area contributed by atoms with Crippen LogP contribution in [-0.2, 0) is 0 Å². The van der Waals surface area contributed by atoms with E-state index in [1.807, 2.05) is 93.0 Å². The first-order chi connectivity index (χ1) is 15.5. The zero-order chi connectivity index (χ0) is 22.5. The predicted molar refractivity (Wildman–Crippen MR) is 133 cm³/mol. The molecule has 6 nitrogen and oxygen atoms in total. The smallest absolute Gasteiger partial charge is 0.350 e. The fourth-order valence-electron chi connectivity index (χ4n) is 3.43. The monoisotopic (exact) mass is 492 g/mol. The Morgan fingerprint density at radius 3 is 2.41 bits per heavy atom. The minimum atomic E-state index is -0.210. The van der Waals surface area contributed by atoms with Gasteiger partial charge in [0.05, 0.1) is 17.9 Å².